The van der Waals surface area contributed by atoms with Crippen molar-refractivity contribution in [3.63, 3.8) is 0 Å². The van der Waals surface area contributed by atoms with Gasteiger partial charge >= 0.3 is 0 Å². The Balaban J connectivity index is 1.65. The molecule has 1 aromatic rings. The lowest BCUT2D eigenvalue weighted by Gasteiger charge is -2.20. The highest BCUT2D eigenvalue weighted by atomic mass is 15.3. The lowest BCUT2D eigenvalue weighted by Crippen LogP contribution is -2.36. The Labute approximate surface area is 122 Å². The molecule has 0 amide bonds. The van der Waals surface area contributed by atoms with Crippen molar-refractivity contribution < 1.29 is 0 Å². The van der Waals surface area contributed by atoms with Crippen LogP contribution in [0, 0.1) is 17.8 Å². The second-order valence-electron chi connectivity index (χ2n) is 6.50. The van der Waals surface area contributed by atoms with Gasteiger partial charge in [-0.3, -0.25) is 4.68 Å². The average Bonchev–Trinajstić information content (AvgIpc) is 2.83. The summed E-state index contributed by atoms with van der Waals surface area (Å²) in [4.78, 5) is 4.50. The summed E-state index contributed by atoms with van der Waals surface area (Å²) >= 11 is 0. The lowest BCUT2D eigenvalue weighted by atomic mass is 10.0. The van der Waals surface area contributed by atoms with Crippen LogP contribution in [0.2, 0.25) is 0 Å². The molecular formula is C16H28N4. The molecule has 0 aliphatic heterocycles. The summed E-state index contributed by atoms with van der Waals surface area (Å²) in [6.45, 7) is 6.57. The highest BCUT2D eigenvalue weighted by Gasteiger charge is 2.55. The number of nitrogens with one attached hydrogen (secondary N) is 1. The Hall–Kier alpha value is -0.900. The summed E-state index contributed by atoms with van der Waals surface area (Å²) in [6.07, 6.45) is 9.48. The first-order valence-electron chi connectivity index (χ1n) is 8.45. The molecule has 0 bridgehead atoms. The summed E-state index contributed by atoms with van der Waals surface area (Å²) in [6, 6.07) is 0.616. The van der Waals surface area contributed by atoms with Crippen molar-refractivity contribution in [2.45, 2.75) is 65.0 Å². The lowest BCUT2D eigenvalue weighted by molar-refractivity contribution is 0.389. The molecule has 3 atom stereocenters. The van der Waals surface area contributed by atoms with E-state index in [1.54, 1.807) is 6.33 Å². The molecule has 3 rings (SSSR count). The Morgan fingerprint density at radius 2 is 2.10 bits per heavy atom. The first kappa shape index (κ1) is 14.1. The number of fused-ring (bicyclic) bond motifs is 1. The maximum absolute atomic E-state index is 4.50. The molecule has 4 nitrogen and oxygen atoms in total. The van der Waals surface area contributed by atoms with Crippen molar-refractivity contribution in [1.82, 2.24) is 20.1 Å². The summed E-state index contributed by atoms with van der Waals surface area (Å²) in [5.41, 5.74) is 0. The molecule has 1 heterocycles. The van der Waals surface area contributed by atoms with Gasteiger partial charge in [-0.25, -0.2) is 4.98 Å². The van der Waals surface area contributed by atoms with Crippen molar-refractivity contribution in [2.24, 2.45) is 17.8 Å². The zero-order valence-corrected chi connectivity index (χ0v) is 12.9. The number of aromatic nitrogens is 3. The maximum Gasteiger partial charge on any atom is 0.138 e. The topological polar surface area (TPSA) is 42.7 Å². The number of hydrogen-bond donors (Lipinski definition) is 1. The van der Waals surface area contributed by atoms with Crippen LogP contribution in [0.15, 0.2) is 6.33 Å². The van der Waals surface area contributed by atoms with Crippen LogP contribution < -0.4 is 5.32 Å². The molecule has 0 saturated heterocycles. The van der Waals surface area contributed by atoms with E-state index in [2.05, 4.69) is 33.9 Å². The smallest absolute Gasteiger partial charge is 0.138 e. The monoisotopic (exact) mass is 276 g/mol. The summed E-state index contributed by atoms with van der Waals surface area (Å²) < 4.78 is 2.10. The van der Waals surface area contributed by atoms with Crippen LogP contribution >= 0.6 is 0 Å². The highest BCUT2D eigenvalue weighted by molar-refractivity contribution is 5.08. The van der Waals surface area contributed by atoms with E-state index in [0.29, 0.717) is 6.04 Å². The van der Waals surface area contributed by atoms with Crippen LogP contribution in [0.1, 0.15) is 51.8 Å². The van der Waals surface area contributed by atoms with Crippen molar-refractivity contribution >= 4 is 0 Å². The molecule has 2 aliphatic rings. The highest BCUT2D eigenvalue weighted by Crippen LogP contribution is 2.59. The van der Waals surface area contributed by atoms with Crippen LogP contribution in [-0.2, 0) is 13.0 Å². The van der Waals surface area contributed by atoms with Crippen molar-refractivity contribution in [1.29, 1.82) is 0 Å². The largest absolute Gasteiger partial charge is 0.313 e. The third kappa shape index (κ3) is 2.76. The molecule has 0 radical (unpaired) electrons. The second-order valence-corrected chi connectivity index (χ2v) is 6.50. The number of rotatable bonds is 8. The molecule has 1 aromatic heterocycles. The standard InChI is InChI=1S/C16H28N4/c1-3-8-17-14(16-12-6-5-7-13(12)16)10-15-18-11-19-20(15)9-4-2/h11-14,16-17H,3-10H2,1-2H3. The van der Waals surface area contributed by atoms with E-state index < -0.39 is 0 Å². The van der Waals surface area contributed by atoms with E-state index in [0.717, 1.165) is 43.7 Å². The van der Waals surface area contributed by atoms with Gasteiger partial charge in [0, 0.05) is 19.0 Å². The first-order chi connectivity index (χ1) is 9.85. The summed E-state index contributed by atoms with van der Waals surface area (Å²) in [7, 11) is 0. The van der Waals surface area contributed by atoms with Crippen LogP contribution in [0.25, 0.3) is 0 Å². The zero-order valence-electron chi connectivity index (χ0n) is 12.9. The molecule has 0 aromatic carbocycles. The van der Waals surface area contributed by atoms with E-state index in [1.807, 2.05) is 0 Å². The summed E-state index contributed by atoms with van der Waals surface area (Å²) in [5, 5.41) is 8.16. The fourth-order valence-electron chi connectivity index (χ4n) is 4.19. The third-order valence-electron chi connectivity index (χ3n) is 5.13. The minimum atomic E-state index is 0.616. The Bertz CT molecular complexity index is 418. The van der Waals surface area contributed by atoms with E-state index >= 15 is 0 Å². The molecule has 4 heteroatoms. The molecule has 20 heavy (non-hydrogen) atoms. The minimum absolute atomic E-state index is 0.616. The van der Waals surface area contributed by atoms with Gasteiger partial charge in [-0.05, 0) is 50.0 Å². The van der Waals surface area contributed by atoms with Crippen LogP contribution in [-0.4, -0.2) is 27.4 Å². The minimum Gasteiger partial charge on any atom is -0.313 e. The number of hydrogen-bond acceptors (Lipinski definition) is 3. The second kappa shape index (κ2) is 6.25. The molecule has 2 saturated carbocycles. The zero-order chi connectivity index (χ0) is 13.9. The van der Waals surface area contributed by atoms with Gasteiger partial charge in [0.1, 0.15) is 12.2 Å². The van der Waals surface area contributed by atoms with Gasteiger partial charge in [0.25, 0.3) is 0 Å². The van der Waals surface area contributed by atoms with Crippen molar-refractivity contribution in [3.8, 4) is 0 Å². The van der Waals surface area contributed by atoms with Crippen LogP contribution in [0.4, 0.5) is 0 Å². The van der Waals surface area contributed by atoms with Gasteiger partial charge in [-0.2, -0.15) is 5.10 Å². The molecule has 1 N–H and O–H groups in total. The van der Waals surface area contributed by atoms with E-state index in [-0.39, 0.29) is 0 Å². The van der Waals surface area contributed by atoms with Gasteiger partial charge in [0.15, 0.2) is 0 Å². The van der Waals surface area contributed by atoms with Crippen molar-refractivity contribution in [3.05, 3.63) is 12.2 Å². The fourth-order valence-corrected chi connectivity index (χ4v) is 4.19. The van der Waals surface area contributed by atoms with Crippen LogP contribution in [0.5, 0.6) is 0 Å². The van der Waals surface area contributed by atoms with E-state index in [9.17, 15) is 0 Å². The van der Waals surface area contributed by atoms with Gasteiger partial charge in [-0.15, -0.1) is 0 Å². The molecule has 0 spiro atoms. The molecule has 2 aliphatic carbocycles. The SMILES string of the molecule is CCCNC(Cc1ncnn1CCC)C1C2CCCC21. The average molecular weight is 276 g/mol. The predicted molar refractivity (Wildman–Crippen MR) is 80.4 cm³/mol. The third-order valence-corrected chi connectivity index (χ3v) is 5.13. The Morgan fingerprint density at radius 1 is 1.30 bits per heavy atom. The molecule has 2 fully saturated rings. The number of aryl methyl sites for hydroxylation is 1. The van der Waals surface area contributed by atoms with Gasteiger partial charge in [0.2, 0.25) is 0 Å². The quantitative estimate of drug-likeness (QED) is 0.794. The first-order valence-corrected chi connectivity index (χ1v) is 8.45. The van der Waals surface area contributed by atoms with Crippen LogP contribution in [0.3, 0.4) is 0 Å². The van der Waals surface area contributed by atoms with E-state index in [4.69, 9.17) is 0 Å². The van der Waals surface area contributed by atoms with Gasteiger partial charge < -0.3 is 5.32 Å². The van der Waals surface area contributed by atoms with Gasteiger partial charge in [-0.1, -0.05) is 20.3 Å². The summed E-state index contributed by atoms with van der Waals surface area (Å²) in [5.74, 6) is 4.09. The molecular weight excluding hydrogens is 248 g/mol. The van der Waals surface area contributed by atoms with Gasteiger partial charge in [0.05, 0.1) is 0 Å². The van der Waals surface area contributed by atoms with Crippen molar-refractivity contribution in [2.75, 3.05) is 6.54 Å². The predicted octanol–water partition coefficient (Wildman–Crippen LogP) is 2.64. The Morgan fingerprint density at radius 3 is 2.80 bits per heavy atom. The fraction of sp³-hybridized carbons (Fsp3) is 0.875. The number of nitrogens with zero attached hydrogens (tertiary/aromatic N) is 3. The Kier molecular flexibility index (Phi) is 4.39. The normalized spacial score (nSPS) is 29.4. The molecule has 3 unspecified atom stereocenters. The molecule has 112 valence electrons. The maximum atomic E-state index is 4.50. The van der Waals surface area contributed by atoms with E-state index in [1.165, 1.54) is 31.5 Å².